The molecule has 3 atom stereocenters. The smallest absolute Gasteiger partial charge is 0.324 e. The van der Waals surface area contributed by atoms with Crippen molar-refractivity contribution in [2.75, 3.05) is 14.1 Å². The van der Waals surface area contributed by atoms with Crippen molar-refractivity contribution in [3.8, 4) is 0 Å². The van der Waals surface area contributed by atoms with E-state index >= 15 is 0 Å². The van der Waals surface area contributed by atoms with Gasteiger partial charge in [0.1, 0.15) is 0 Å². The Labute approximate surface area is 118 Å². The number of likely N-dealkylation sites (tertiary alicyclic amines) is 1. The summed E-state index contributed by atoms with van der Waals surface area (Å²) in [5, 5.41) is 0. The fourth-order valence-corrected chi connectivity index (χ4v) is 7.91. The van der Waals surface area contributed by atoms with E-state index in [1.165, 1.54) is 0 Å². The molecule has 118 valence electrons. The van der Waals surface area contributed by atoms with E-state index in [4.69, 9.17) is 0 Å². The van der Waals surface area contributed by atoms with E-state index in [1.807, 2.05) is 14.1 Å². The van der Waals surface area contributed by atoms with Gasteiger partial charge in [-0.1, -0.05) is 0 Å². The molecule has 7 nitrogen and oxygen atoms in total. The van der Waals surface area contributed by atoms with Crippen molar-refractivity contribution in [2.24, 2.45) is 5.92 Å². The van der Waals surface area contributed by atoms with Crippen LogP contribution in [0.15, 0.2) is 0 Å². The first kappa shape index (κ1) is 16.6. The number of hydrogen-bond donors (Lipinski definition) is 4. The Morgan fingerprint density at radius 3 is 1.95 bits per heavy atom. The van der Waals surface area contributed by atoms with Crippen LogP contribution >= 0.6 is 15.2 Å². The van der Waals surface area contributed by atoms with Crippen LogP contribution in [0.3, 0.4) is 0 Å². The molecule has 4 N–H and O–H groups in total. The van der Waals surface area contributed by atoms with E-state index < -0.39 is 26.0 Å². The third kappa shape index (κ3) is 2.07. The third-order valence-electron chi connectivity index (χ3n) is 5.76. The molecule has 1 aliphatic carbocycles. The van der Waals surface area contributed by atoms with Gasteiger partial charge in [0, 0.05) is 12.3 Å². The second-order valence-electron chi connectivity index (χ2n) is 6.73. The van der Waals surface area contributed by atoms with Gasteiger partial charge in [0.05, 0.1) is 26.2 Å². The van der Waals surface area contributed by atoms with Gasteiger partial charge in [-0.3, -0.25) is 9.13 Å². The first-order chi connectivity index (χ1) is 8.86. The monoisotopic (exact) mass is 328 g/mol. The van der Waals surface area contributed by atoms with E-state index in [9.17, 15) is 28.7 Å². The van der Waals surface area contributed by atoms with Crippen LogP contribution in [0.5, 0.6) is 0 Å². The van der Waals surface area contributed by atoms with Crippen LogP contribution in [0.25, 0.3) is 0 Å². The lowest BCUT2D eigenvalue weighted by Gasteiger charge is -2.50. The van der Waals surface area contributed by atoms with Gasteiger partial charge in [-0.2, -0.15) is 0 Å². The Morgan fingerprint density at radius 1 is 1.00 bits per heavy atom. The average molecular weight is 328 g/mol. The number of rotatable bonds is 2. The molecule has 0 radical (unpaired) electrons. The molecule has 2 fully saturated rings. The molecule has 0 bridgehead atoms. The lowest BCUT2D eigenvalue weighted by Crippen LogP contribution is -2.61. The first-order valence-electron chi connectivity index (χ1n) is 6.80. The summed E-state index contributed by atoms with van der Waals surface area (Å²) in [7, 11) is -5.84. The minimum absolute atomic E-state index is 0.106. The standard InChI is InChI=1S/C11H23NO6P2/c1-8-4-5-9-10(12(8,2)3)6-7-11(9,19(13,14)15)20(16,17)18/h8-10H,4-7H2,1-3H3,(H3-,13,14,15,16,17,18)/p+1. The van der Waals surface area contributed by atoms with Crippen LogP contribution in [0.2, 0.25) is 0 Å². The van der Waals surface area contributed by atoms with Crippen molar-refractivity contribution < 1.29 is 33.2 Å². The molecule has 0 amide bonds. The van der Waals surface area contributed by atoms with Crippen molar-refractivity contribution in [2.45, 2.75) is 49.6 Å². The minimum Gasteiger partial charge on any atom is -0.324 e. The summed E-state index contributed by atoms with van der Waals surface area (Å²) in [6.45, 7) is 2.07. The number of piperidine rings is 1. The van der Waals surface area contributed by atoms with Crippen molar-refractivity contribution in [1.29, 1.82) is 0 Å². The average Bonchev–Trinajstić information content (AvgIpc) is 2.63. The predicted molar refractivity (Wildman–Crippen MR) is 74.1 cm³/mol. The Morgan fingerprint density at radius 2 is 1.50 bits per heavy atom. The highest BCUT2D eigenvalue weighted by atomic mass is 31.2. The molecule has 0 spiro atoms. The van der Waals surface area contributed by atoms with E-state index in [0.717, 1.165) is 6.42 Å². The molecule has 20 heavy (non-hydrogen) atoms. The second kappa shape index (κ2) is 4.63. The largest absolute Gasteiger partial charge is 0.344 e. The fourth-order valence-electron chi connectivity index (χ4n) is 4.25. The SMILES string of the molecule is CC1CCC2C(CCC2(P(=O)(O)O)P(=O)(O)O)[N+]1(C)C. The zero-order valence-electron chi connectivity index (χ0n) is 12.0. The maximum Gasteiger partial charge on any atom is 0.344 e. The summed E-state index contributed by atoms with van der Waals surface area (Å²) >= 11 is 0. The van der Waals surface area contributed by atoms with Crippen LogP contribution in [0, 0.1) is 5.92 Å². The highest BCUT2D eigenvalue weighted by Crippen LogP contribution is 2.78. The zero-order chi connectivity index (χ0) is 15.6. The molecule has 0 aromatic rings. The molecule has 2 aliphatic rings. The van der Waals surface area contributed by atoms with Gasteiger partial charge in [-0.15, -0.1) is 0 Å². The lowest BCUT2D eigenvalue weighted by atomic mass is 9.86. The van der Waals surface area contributed by atoms with E-state index in [1.54, 1.807) is 0 Å². The summed E-state index contributed by atoms with van der Waals surface area (Å²) in [5.41, 5.74) is 0. The van der Waals surface area contributed by atoms with Crippen LogP contribution < -0.4 is 0 Å². The van der Waals surface area contributed by atoms with E-state index in [-0.39, 0.29) is 12.5 Å². The summed E-state index contributed by atoms with van der Waals surface area (Å²) in [4.78, 5) is 36.6. The van der Waals surface area contributed by atoms with Crippen LogP contribution in [0.1, 0.15) is 32.6 Å². The summed E-state index contributed by atoms with van der Waals surface area (Å²) in [6, 6.07) is 0.208. The molecule has 1 saturated carbocycles. The van der Waals surface area contributed by atoms with Crippen molar-refractivity contribution in [1.82, 2.24) is 0 Å². The van der Waals surface area contributed by atoms with Gasteiger partial charge < -0.3 is 24.1 Å². The Kier molecular flexibility index (Phi) is 3.85. The molecule has 1 aliphatic heterocycles. The summed E-state index contributed by atoms with van der Waals surface area (Å²) in [6.07, 6.45) is 1.52. The molecule has 0 aromatic heterocycles. The van der Waals surface area contributed by atoms with Crippen LogP contribution in [-0.4, -0.2) is 55.1 Å². The Balaban J connectivity index is 2.55. The fraction of sp³-hybridized carbons (Fsp3) is 1.00. The van der Waals surface area contributed by atoms with Crippen LogP contribution in [-0.2, 0) is 9.13 Å². The molecule has 9 heteroatoms. The van der Waals surface area contributed by atoms with E-state index in [0.29, 0.717) is 23.4 Å². The zero-order valence-corrected chi connectivity index (χ0v) is 13.8. The molecule has 1 heterocycles. The molecule has 1 saturated heterocycles. The molecule has 0 aromatic carbocycles. The Hall–Kier alpha value is 0.260. The summed E-state index contributed by atoms with van der Waals surface area (Å²) < 4.78 is 24.5. The number of hydrogen-bond acceptors (Lipinski definition) is 2. The second-order valence-corrected chi connectivity index (χ2v) is 10.9. The van der Waals surface area contributed by atoms with Gasteiger partial charge in [0.2, 0.25) is 0 Å². The van der Waals surface area contributed by atoms with Gasteiger partial charge in [-0.05, 0) is 26.2 Å². The number of fused-ring (bicyclic) bond motifs is 1. The van der Waals surface area contributed by atoms with Crippen LogP contribution in [0.4, 0.5) is 0 Å². The minimum atomic E-state index is -4.90. The quantitative estimate of drug-likeness (QED) is 0.445. The molecular weight excluding hydrogens is 304 g/mol. The normalized spacial score (nSPS) is 36.6. The maximum atomic E-state index is 11.9. The third-order valence-corrected chi connectivity index (χ3v) is 10.5. The van der Waals surface area contributed by atoms with Gasteiger partial charge in [-0.25, -0.2) is 0 Å². The number of nitrogens with zero attached hydrogens (tertiary/aromatic N) is 1. The highest BCUT2D eigenvalue weighted by molar-refractivity contribution is 7.72. The topological polar surface area (TPSA) is 115 Å². The maximum absolute atomic E-state index is 11.9. The van der Waals surface area contributed by atoms with Gasteiger partial charge in [0.15, 0.2) is 4.90 Å². The van der Waals surface area contributed by atoms with Crippen molar-refractivity contribution in [3.05, 3.63) is 0 Å². The number of quaternary nitrogens is 1. The lowest BCUT2D eigenvalue weighted by molar-refractivity contribution is -0.945. The molecule has 2 rings (SSSR count). The predicted octanol–water partition coefficient (Wildman–Crippen LogP) is 1.08. The first-order valence-corrected chi connectivity index (χ1v) is 10.0. The van der Waals surface area contributed by atoms with Gasteiger partial charge in [0.25, 0.3) is 0 Å². The Bertz CT molecular complexity index is 473. The molecular formula is C11H24NO6P2+. The molecule has 3 unspecified atom stereocenters. The van der Waals surface area contributed by atoms with Crippen molar-refractivity contribution >= 4 is 15.2 Å². The van der Waals surface area contributed by atoms with Gasteiger partial charge >= 0.3 is 15.2 Å². The van der Waals surface area contributed by atoms with Crippen molar-refractivity contribution in [3.63, 3.8) is 0 Å². The van der Waals surface area contributed by atoms with E-state index in [2.05, 4.69) is 6.92 Å². The summed E-state index contributed by atoms with van der Waals surface area (Å²) in [5.74, 6) is -0.629. The highest BCUT2D eigenvalue weighted by Gasteiger charge is 2.72.